The summed E-state index contributed by atoms with van der Waals surface area (Å²) < 4.78 is 46.1. The fraction of sp³-hybridized carbons (Fsp3) is 0.353. The molecule has 1 aromatic heterocycles. The van der Waals surface area contributed by atoms with Crippen LogP contribution in [0.2, 0.25) is 5.02 Å². The number of piperidine rings is 1. The SMILES string of the molecule is O=C(c1ccc(OC(F)(F)F)cc1)N1CCCC(Oc2ncc(Cl)cn2)C1. The summed E-state index contributed by atoms with van der Waals surface area (Å²) in [6, 6.07) is 5.00. The number of carbonyl (C=O) groups excluding carboxylic acids is 1. The third kappa shape index (κ3) is 5.46. The third-order valence-electron chi connectivity index (χ3n) is 3.87. The van der Waals surface area contributed by atoms with E-state index in [1.165, 1.54) is 24.5 Å². The zero-order chi connectivity index (χ0) is 19.4. The average molecular weight is 402 g/mol. The molecule has 0 spiro atoms. The number of carbonyl (C=O) groups is 1. The highest BCUT2D eigenvalue weighted by atomic mass is 35.5. The van der Waals surface area contributed by atoms with Crippen LogP contribution in [0.4, 0.5) is 13.2 Å². The van der Waals surface area contributed by atoms with Crippen LogP contribution in [0.3, 0.4) is 0 Å². The minimum Gasteiger partial charge on any atom is -0.458 e. The quantitative estimate of drug-likeness (QED) is 0.781. The summed E-state index contributed by atoms with van der Waals surface area (Å²) in [4.78, 5) is 22.1. The fourth-order valence-corrected chi connectivity index (χ4v) is 2.81. The average Bonchev–Trinajstić information content (AvgIpc) is 2.63. The molecule has 1 fully saturated rings. The Hall–Kier alpha value is -2.55. The van der Waals surface area contributed by atoms with Crippen LogP contribution in [0.5, 0.6) is 11.8 Å². The Morgan fingerprint density at radius 2 is 1.85 bits per heavy atom. The highest BCUT2D eigenvalue weighted by molar-refractivity contribution is 6.30. The van der Waals surface area contributed by atoms with E-state index < -0.39 is 6.36 Å². The van der Waals surface area contributed by atoms with Gasteiger partial charge in [0.1, 0.15) is 11.9 Å². The van der Waals surface area contributed by atoms with E-state index in [-0.39, 0.29) is 29.3 Å². The number of aromatic nitrogens is 2. The molecule has 0 saturated carbocycles. The number of halogens is 4. The van der Waals surface area contributed by atoms with E-state index in [0.717, 1.165) is 25.0 Å². The van der Waals surface area contributed by atoms with Crippen LogP contribution in [0.25, 0.3) is 0 Å². The van der Waals surface area contributed by atoms with E-state index in [1.54, 1.807) is 4.90 Å². The Morgan fingerprint density at radius 3 is 2.48 bits per heavy atom. The summed E-state index contributed by atoms with van der Waals surface area (Å²) in [5.74, 6) is -0.669. The molecular formula is C17H15ClF3N3O3. The lowest BCUT2D eigenvalue weighted by molar-refractivity contribution is -0.274. The van der Waals surface area contributed by atoms with Crippen molar-refractivity contribution in [1.82, 2.24) is 14.9 Å². The molecule has 3 rings (SSSR count). The van der Waals surface area contributed by atoms with Gasteiger partial charge in [-0.15, -0.1) is 13.2 Å². The van der Waals surface area contributed by atoms with Gasteiger partial charge in [0.15, 0.2) is 0 Å². The van der Waals surface area contributed by atoms with Crippen LogP contribution in [-0.2, 0) is 0 Å². The Labute approximate surface area is 157 Å². The van der Waals surface area contributed by atoms with Crippen molar-refractivity contribution in [3.05, 3.63) is 47.2 Å². The van der Waals surface area contributed by atoms with Crippen LogP contribution in [0.15, 0.2) is 36.7 Å². The van der Waals surface area contributed by atoms with Gasteiger partial charge < -0.3 is 14.4 Å². The number of ether oxygens (including phenoxy) is 2. The molecule has 10 heteroatoms. The van der Waals surface area contributed by atoms with Crippen LogP contribution < -0.4 is 9.47 Å². The van der Waals surface area contributed by atoms with E-state index in [0.29, 0.717) is 18.1 Å². The highest BCUT2D eigenvalue weighted by Gasteiger charge is 2.31. The lowest BCUT2D eigenvalue weighted by Crippen LogP contribution is -2.44. The second-order valence-electron chi connectivity index (χ2n) is 5.89. The van der Waals surface area contributed by atoms with Gasteiger partial charge in [0.25, 0.3) is 5.91 Å². The van der Waals surface area contributed by atoms with Crippen molar-refractivity contribution in [2.75, 3.05) is 13.1 Å². The number of amides is 1. The van der Waals surface area contributed by atoms with Gasteiger partial charge in [-0.05, 0) is 37.1 Å². The fourth-order valence-electron chi connectivity index (χ4n) is 2.71. The van der Waals surface area contributed by atoms with Gasteiger partial charge in [-0.2, -0.15) is 0 Å². The molecular weight excluding hydrogens is 387 g/mol. The maximum absolute atomic E-state index is 12.6. The van der Waals surface area contributed by atoms with Gasteiger partial charge in [0.2, 0.25) is 0 Å². The second-order valence-corrected chi connectivity index (χ2v) is 6.33. The predicted molar refractivity (Wildman–Crippen MR) is 89.7 cm³/mol. The standard InChI is InChI=1S/C17H15ClF3N3O3/c18-12-8-22-16(23-9-12)26-14-2-1-7-24(10-14)15(25)11-3-5-13(6-4-11)27-17(19,20)21/h3-6,8-9,14H,1-2,7,10H2. The zero-order valence-electron chi connectivity index (χ0n) is 13.9. The normalized spacial score (nSPS) is 17.5. The smallest absolute Gasteiger partial charge is 0.458 e. The molecule has 0 N–H and O–H groups in total. The van der Waals surface area contributed by atoms with Gasteiger partial charge in [-0.1, -0.05) is 11.6 Å². The van der Waals surface area contributed by atoms with Gasteiger partial charge in [0.05, 0.1) is 24.0 Å². The second kappa shape index (κ2) is 7.99. The van der Waals surface area contributed by atoms with Gasteiger partial charge in [0, 0.05) is 12.1 Å². The van der Waals surface area contributed by atoms with E-state index in [2.05, 4.69) is 14.7 Å². The molecule has 6 nitrogen and oxygen atoms in total. The minimum atomic E-state index is -4.77. The van der Waals surface area contributed by atoms with E-state index in [4.69, 9.17) is 16.3 Å². The topological polar surface area (TPSA) is 64.5 Å². The summed E-state index contributed by atoms with van der Waals surface area (Å²) in [7, 11) is 0. The van der Waals surface area contributed by atoms with Crippen LogP contribution in [0.1, 0.15) is 23.2 Å². The molecule has 0 bridgehead atoms. The number of hydrogen-bond acceptors (Lipinski definition) is 5. The van der Waals surface area contributed by atoms with Gasteiger partial charge >= 0.3 is 12.4 Å². The molecule has 0 aliphatic carbocycles. The van der Waals surface area contributed by atoms with Crippen molar-refractivity contribution >= 4 is 17.5 Å². The zero-order valence-corrected chi connectivity index (χ0v) is 14.7. The first-order valence-electron chi connectivity index (χ1n) is 8.09. The number of benzene rings is 1. The molecule has 2 aromatic rings. The summed E-state index contributed by atoms with van der Waals surface area (Å²) in [6.07, 6.45) is -0.766. The van der Waals surface area contributed by atoms with E-state index in [1.807, 2.05) is 0 Å². The van der Waals surface area contributed by atoms with Crippen LogP contribution >= 0.6 is 11.6 Å². The number of likely N-dealkylation sites (tertiary alicyclic amines) is 1. The van der Waals surface area contributed by atoms with Crippen LogP contribution in [0, 0.1) is 0 Å². The molecule has 0 radical (unpaired) electrons. The summed E-state index contributed by atoms with van der Waals surface area (Å²) in [6.45, 7) is 0.854. The molecule has 1 unspecified atom stereocenters. The highest BCUT2D eigenvalue weighted by Crippen LogP contribution is 2.24. The maximum Gasteiger partial charge on any atom is 0.573 e. The molecule has 1 saturated heterocycles. The molecule has 1 aliphatic rings. The van der Waals surface area contributed by atoms with E-state index in [9.17, 15) is 18.0 Å². The Morgan fingerprint density at radius 1 is 1.19 bits per heavy atom. The molecule has 1 atom stereocenters. The lowest BCUT2D eigenvalue weighted by atomic mass is 10.1. The summed E-state index contributed by atoms with van der Waals surface area (Å²) in [5.41, 5.74) is 0.271. The lowest BCUT2D eigenvalue weighted by Gasteiger charge is -2.32. The Bertz CT molecular complexity index is 785. The molecule has 2 heterocycles. The number of alkyl halides is 3. The minimum absolute atomic E-state index is 0.173. The Balaban J connectivity index is 1.61. The van der Waals surface area contributed by atoms with Crippen molar-refractivity contribution < 1.29 is 27.4 Å². The largest absolute Gasteiger partial charge is 0.573 e. The molecule has 1 aromatic carbocycles. The van der Waals surface area contributed by atoms with Crippen molar-refractivity contribution in [1.29, 1.82) is 0 Å². The van der Waals surface area contributed by atoms with Crippen molar-refractivity contribution in [3.8, 4) is 11.8 Å². The predicted octanol–water partition coefficient (Wildman–Crippen LogP) is 3.71. The summed E-state index contributed by atoms with van der Waals surface area (Å²) in [5, 5.41) is 0.390. The number of nitrogens with zero attached hydrogens (tertiary/aromatic N) is 3. The monoisotopic (exact) mass is 401 g/mol. The summed E-state index contributed by atoms with van der Waals surface area (Å²) >= 11 is 5.73. The first-order chi connectivity index (χ1) is 12.8. The van der Waals surface area contributed by atoms with Crippen molar-refractivity contribution in [3.63, 3.8) is 0 Å². The van der Waals surface area contributed by atoms with Crippen LogP contribution in [-0.4, -0.2) is 46.3 Å². The molecule has 27 heavy (non-hydrogen) atoms. The first kappa shape index (κ1) is 19.2. The number of hydrogen-bond donors (Lipinski definition) is 0. The number of rotatable bonds is 4. The third-order valence-corrected chi connectivity index (χ3v) is 4.06. The maximum atomic E-state index is 12.6. The molecule has 144 valence electrons. The molecule has 1 aliphatic heterocycles. The van der Waals surface area contributed by atoms with Crippen molar-refractivity contribution in [2.24, 2.45) is 0 Å². The van der Waals surface area contributed by atoms with Crippen molar-refractivity contribution in [2.45, 2.75) is 25.3 Å². The first-order valence-corrected chi connectivity index (χ1v) is 8.47. The van der Waals surface area contributed by atoms with Gasteiger partial charge in [-0.25, -0.2) is 9.97 Å². The van der Waals surface area contributed by atoms with Gasteiger partial charge in [-0.3, -0.25) is 4.79 Å². The van der Waals surface area contributed by atoms with E-state index >= 15 is 0 Å². The molecule has 1 amide bonds. The Kier molecular flexibility index (Phi) is 5.69.